The Labute approximate surface area is 179 Å². The van der Waals surface area contributed by atoms with Crippen LogP contribution in [0.4, 0.5) is 4.39 Å². The molecule has 1 fully saturated rings. The fourth-order valence-electron chi connectivity index (χ4n) is 4.00. The molecule has 162 valence electrons. The molecule has 2 aliphatic rings. The summed E-state index contributed by atoms with van der Waals surface area (Å²) in [7, 11) is 0. The van der Waals surface area contributed by atoms with Gasteiger partial charge in [-0.3, -0.25) is 14.4 Å². The van der Waals surface area contributed by atoms with Crippen LogP contribution in [0.15, 0.2) is 40.2 Å². The number of hydrogen-bond donors (Lipinski definition) is 1. The van der Waals surface area contributed by atoms with Crippen LogP contribution in [0.1, 0.15) is 37.8 Å². The molecule has 3 atom stereocenters. The number of Topliss-reactive ketones (excluding diaryl/α,β-unsaturated/α-hetero) is 1. The van der Waals surface area contributed by atoms with Gasteiger partial charge in [0.25, 0.3) is 0 Å². The zero-order valence-electron chi connectivity index (χ0n) is 17.5. The van der Waals surface area contributed by atoms with Gasteiger partial charge in [0.15, 0.2) is 0 Å². The van der Waals surface area contributed by atoms with Crippen molar-refractivity contribution in [3.8, 4) is 6.07 Å². The Bertz CT molecular complexity index is 997. The van der Waals surface area contributed by atoms with Crippen LogP contribution in [-0.4, -0.2) is 47.7 Å². The second kappa shape index (κ2) is 9.60. The molecule has 2 heterocycles. The Morgan fingerprint density at radius 1 is 1.39 bits per heavy atom. The number of benzene rings is 1. The maximum atomic E-state index is 13.5. The number of rotatable bonds is 6. The molecule has 0 radical (unpaired) electrons. The van der Waals surface area contributed by atoms with E-state index in [4.69, 9.17) is 5.26 Å². The van der Waals surface area contributed by atoms with Gasteiger partial charge >= 0.3 is 11.8 Å². The first-order valence-electron chi connectivity index (χ1n) is 10.3. The predicted octanol–water partition coefficient (Wildman–Crippen LogP) is 2.29. The highest BCUT2D eigenvalue weighted by Gasteiger charge is 2.40. The van der Waals surface area contributed by atoms with Crippen LogP contribution in [0.25, 0.3) is 0 Å². The first-order valence-corrected chi connectivity index (χ1v) is 10.3. The van der Waals surface area contributed by atoms with Crippen molar-refractivity contribution in [2.24, 2.45) is 16.1 Å². The molecule has 0 bridgehead atoms. The largest absolute Gasteiger partial charge is 0.339 e. The fraction of sp³-hybridized carbons (Fsp3) is 0.455. The number of carbonyl (C=O) groups excluding carboxylic acids is 3. The lowest BCUT2D eigenvalue weighted by atomic mass is 9.92. The van der Waals surface area contributed by atoms with E-state index in [-0.39, 0.29) is 23.8 Å². The fourth-order valence-corrected chi connectivity index (χ4v) is 4.00. The minimum atomic E-state index is -0.730. The highest BCUT2D eigenvalue weighted by atomic mass is 19.1. The number of azo groups is 1. The van der Waals surface area contributed by atoms with Crippen LogP contribution in [-0.2, 0) is 20.8 Å². The molecule has 1 aromatic rings. The molecular formula is C22H24FN5O3. The van der Waals surface area contributed by atoms with Crippen LogP contribution in [0.2, 0.25) is 0 Å². The van der Waals surface area contributed by atoms with Crippen molar-refractivity contribution in [3.05, 3.63) is 46.9 Å². The van der Waals surface area contributed by atoms with Gasteiger partial charge in [0, 0.05) is 24.9 Å². The van der Waals surface area contributed by atoms with Crippen molar-refractivity contribution in [1.29, 1.82) is 5.26 Å². The van der Waals surface area contributed by atoms with Gasteiger partial charge in [-0.25, -0.2) is 4.39 Å². The van der Waals surface area contributed by atoms with Crippen molar-refractivity contribution in [3.63, 3.8) is 0 Å². The summed E-state index contributed by atoms with van der Waals surface area (Å²) in [5.41, 5.74) is 1.07. The molecule has 3 rings (SSSR count). The smallest absolute Gasteiger partial charge is 0.312 e. The standard InChI is InChI=1S/C22H24FN5O3/c1-3-18(19-6-8-25-27-19)26-21(30)22(31)28-9-7-16(13(28)2)20(29)11-14-4-5-17(23)15(10-14)12-24/h4-6,10,13,16,18H,3,7-9,11H2,1-2H3,(H,26,30)/t13-,16-,18?/m0/s1. The Morgan fingerprint density at radius 2 is 2.16 bits per heavy atom. The lowest BCUT2D eigenvalue weighted by molar-refractivity contribution is -0.147. The lowest BCUT2D eigenvalue weighted by Gasteiger charge is -2.25. The SMILES string of the molecule is CCC(NC(=O)C(=O)N1CC[C@H](C(=O)Cc2ccc(F)c(C#N)c2)[C@@H]1C)C1=CCN=N1. The van der Waals surface area contributed by atoms with Gasteiger partial charge < -0.3 is 10.2 Å². The predicted molar refractivity (Wildman–Crippen MR) is 109 cm³/mol. The van der Waals surface area contributed by atoms with Gasteiger partial charge in [-0.05, 0) is 43.5 Å². The van der Waals surface area contributed by atoms with E-state index >= 15 is 0 Å². The van der Waals surface area contributed by atoms with Gasteiger partial charge in [-0.1, -0.05) is 13.0 Å². The first kappa shape index (κ1) is 22.3. The zero-order valence-corrected chi connectivity index (χ0v) is 17.5. The number of amides is 2. The Morgan fingerprint density at radius 3 is 2.81 bits per heavy atom. The second-order valence-corrected chi connectivity index (χ2v) is 7.69. The van der Waals surface area contributed by atoms with E-state index in [9.17, 15) is 18.8 Å². The molecule has 31 heavy (non-hydrogen) atoms. The van der Waals surface area contributed by atoms with E-state index in [1.807, 2.05) is 6.92 Å². The summed E-state index contributed by atoms with van der Waals surface area (Å²) in [5, 5.41) is 19.5. The van der Waals surface area contributed by atoms with E-state index in [0.29, 0.717) is 37.2 Å². The molecule has 2 amide bonds. The number of nitriles is 1. The lowest BCUT2D eigenvalue weighted by Crippen LogP contribution is -2.48. The van der Waals surface area contributed by atoms with E-state index in [0.717, 1.165) is 0 Å². The summed E-state index contributed by atoms with van der Waals surface area (Å²) in [6.45, 7) is 4.39. The maximum Gasteiger partial charge on any atom is 0.312 e. The number of halogens is 1. The summed E-state index contributed by atoms with van der Waals surface area (Å²) >= 11 is 0. The average Bonchev–Trinajstić information content (AvgIpc) is 3.42. The van der Waals surface area contributed by atoms with E-state index in [1.54, 1.807) is 19.1 Å². The van der Waals surface area contributed by atoms with Gasteiger partial charge in [0.05, 0.1) is 23.8 Å². The van der Waals surface area contributed by atoms with Crippen LogP contribution < -0.4 is 5.32 Å². The number of carbonyl (C=O) groups is 3. The van der Waals surface area contributed by atoms with Crippen LogP contribution in [0, 0.1) is 23.1 Å². The van der Waals surface area contributed by atoms with E-state index < -0.39 is 29.6 Å². The molecular weight excluding hydrogens is 401 g/mol. The molecule has 1 unspecified atom stereocenters. The maximum absolute atomic E-state index is 13.5. The van der Waals surface area contributed by atoms with E-state index in [1.165, 1.54) is 23.1 Å². The molecule has 8 nitrogen and oxygen atoms in total. The second-order valence-electron chi connectivity index (χ2n) is 7.69. The Kier molecular flexibility index (Phi) is 6.90. The summed E-state index contributed by atoms with van der Waals surface area (Å²) < 4.78 is 13.5. The first-order chi connectivity index (χ1) is 14.8. The van der Waals surface area contributed by atoms with Gasteiger partial charge in [-0.2, -0.15) is 15.5 Å². The van der Waals surface area contributed by atoms with Gasteiger partial charge in [0.2, 0.25) is 0 Å². The average molecular weight is 425 g/mol. The third-order valence-corrected chi connectivity index (χ3v) is 5.79. The van der Waals surface area contributed by atoms with Crippen molar-refractivity contribution in [2.75, 3.05) is 13.1 Å². The summed E-state index contributed by atoms with van der Waals surface area (Å²) in [5.74, 6) is -2.57. The molecule has 0 saturated carbocycles. The normalized spacial score (nSPS) is 20.8. The molecule has 0 spiro atoms. The number of likely N-dealkylation sites (tertiary alicyclic amines) is 1. The van der Waals surface area contributed by atoms with Crippen LogP contribution in [0.5, 0.6) is 0 Å². The summed E-state index contributed by atoms with van der Waals surface area (Å²) in [6, 6.07) is 4.95. The third kappa shape index (κ3) is 4.85. The number of nitrogens with one attached hydrogen (secondary N) is 1. The van der Waals surface area contributed by atoms with Crippen molar-refractivity contribution in [2.45, 2.75) is 45.2 Å². The summed E-state index contributed by atoms with van der Waals surface area (Å²) in [4.78, 5) is 39.5. The number of hydrogen-bond acceptors (Lipinski definition) is 6. The molecule has 9 heteroatoms. The zero-order chi connectivity index (χ0) is 22.5. The monoisotopic (exact) mass is 425 g/mol. The van der Waals surface area contributed by atoms with Gasteiger partial charge in [0.1, 0.15) is 17.7 Å². The third-order valence-electron chi connectivity index (χ3n) is 5.79. The van der Waals surface area contributed by atoms with Crippen molar-refractivity contribution in [1.82, 2.24) is 10.2 Å². The Balaban J connectivity index is 1.61. The summed E-state index contributed by atoms with van der Waals surface area (Å²) in [6.07, 6.45) is 2.86. The van der Waals surface area contributed by atoms with E-state index in [2.05, 4.69) is 15.5 Å². The van der Waals surface area contributed by atoms with Crippen LogP contribution in [0.3, 0.4) is 0 Å². The highest BCUT2D eigenvalue weighted by Crippen LogP contribution is 2.27. The number of ketones is 1. The minimum absolute atomic E-state index is 0.0370. The minimum Gasteiger partial charge on any atom is -0.339 e. The number of nitrogens with zero attached hydrogens (tertiary/aromatic N) is 4. The van der Waals surface area contributed by atoms with Gasteiger partial charge in [-0.15, -0.1) is 0 Å². The molecule has 0 aromatic heterocycles. The topological polar surface area (TPSA) is 115 Å². The van der Waals surface area contributed by atoms with Crippen molar-refractivity contribution < 1.29 is 18.8 Å². The molecule has 1 aromatic carbocycles. The molecule has 2 aliphatic heterocycles. The van der Waals surface area contributed by atoms with Crippen LogP contribution >= 0.6 is 0 Å². The van der Waals surface area contributed by atoms with Crippen molar-refractivity contribution >= 4 is 17.6 Å². The molecule has 1 N–H and O–H groups in total. The quantitative estimate of drug-likeness (QED) is 0.704. The highest BCUT2D eigenvalue weighted by molar-refractivity contribution is 6.35. The Hall–Kier alpha value is -3.41. The molecule has 0 aliphatic carbocycles. The molecule has 1 saturated heterocycles.